The van der Waals surface area contributed by atoms with E-state index in [9.17, 15) is 4.79 Å². The Morgan fingerprint density at radius 3 is 3.00 bits per heavy atom. The molecule has 2 heterocycles. The van der Waals surface area contributed by atoms with Gasteiger partial charge in [0.15, 0.2) is 11.0 Å². The Kier molecular flexibility index (Phi) is 3.74. The van der Waals surface area contributed by atoms with Gasteiger partial charge in [-0.15, -0.1) is 0 Å². The van der Waals surface area contributed by atoms with E-state index in [4.69, 9.17) is 21.8 Å². The lowest BCUT2D eigenvalue weighted by molar-refractivity contribution is 0.0617. The highest BCUT2D eigenvalue weighted by Gasteiger charge is 2.29. The molecule has 0 bridgehead atoms. The van der Waals surface area contributed by atoms with Crippen molar-refractivity contribution in [2.75, 3.05) is 13.1 Å². The van der Waals surface area contributed by atoms with Gasteiger partial charge in [-0.3, -0.25) is 4.79 Å². The predicted octanol–water partition coefficient (Wildman–Crippen LogP) is 2.13. The van der Waals surface area contributed by atoms with Crippen LogP contribution in [-0.2, 0) is 0 Å². The van der Waals surface area contributed by atoms with Crippen LogP contribution in [0.5, 0.6) is 0 Å². The average Bonchev–Trinajstić information content (AvgIpc) is 2.75. The summed E-state index contributed by atoms with van der Waals surface area (Å²) in [5.74, 6) is 0.584. The van der Waals surface area contributed by atoms with Gasteiger partial charge in [0.25, 0.3) is 5.91 Å². The molecule has 5 heteroatoms. The predicted molar refractivity (Wildman–Crippen MR) is 66.0 cm³/mol. The van der Waals surface area contributed by atoms with Crippen LogP contribution in [-0.4, -0.2) is 29.9 Å². The minimum Gasteiger partial charge on any atom is -0.440 e. The summed E-state index contributed by atoms with van der Waals surface area (Å²) < 4.78 is 5.14. The van der Waals surface area contributed by atoms with E-state index in [0.717, 1.165) is 12.8 Å². The van der Waals surface area contributed by atoms with E-state index < -0.39 is 0 Å². The number of nitrogens with two attached hydrogens (primary N) is 1. The summed E-state index contributed by atoms with van der Waals surface area (Å²) in [7, 11) is 0. The molecule has 1 aliphatic heterocycles. The van der Waals surface area contributed by atoms with Crippen LogP contribution < -0.4 is 5.73 Å². The zero-order valence-corrected chi connectivity index (χ0v) is 10.6. The molecule has 0 spiro atoms. The number of amides is 1. The van der Waals surface area contributed by atoms with Gasteiger partial charge in [0, 0.05) is 19.1 Å². The summed E-state index contributed by atoms with van der Waals surface area (Å²) in [6, 6.07) is 3.39. The van der Waals surface area contributed by atoms with E-state index in [0.29, 0.717) is 24.8 Å². The van der Waals surface area contributed by atoms with Crippen molar-refractivity contribution in [1.82, 2.24) is 4.90 Å². The fourth-order valence-electron chi connectivity index (χ4n) is 2.25. The molecule has 1 aliphatic rings. The molecule has 0 saturated carbocycles. The molecule has 2 N–H and O–H groups in total. The second kappa shape index (κ2) is 5.10. The van der Waals surface area contributed by atoms with Gasteiger partial charge in [-0.25, -0.2) is 0 Å². The topological polar surface area (TPSA) is 59.5 Å². The molecule has 1 amide bonds. The molecule has 0 aromatic carbocycles. The molecule has 17 heavy (non-hydrogen) atoms. The molecule has 94 valence electrons. The maximum atomic E-state index is 12.1. The Hall–Kier alpha value is -1.00. The normalized spacial score (nSPS) is 25.0. The van der Waals surface area contributed by atoms with Crippen molar-refractivity contribution in [3.8, 4) is 0 Å². The Balaban J connectivity index is 2.05. The van der Waals surface area contributed by atoms with Gasteiger partial charge in [0.05, 0.1) is 0 Å². The van der Waals surface area contributed by atoms with Crippen molar-refractivity contribution >= 4 is 17.5 Å². The SMILES string of the molecule is CCC1CN(C(=O)c2ccc(Cl)o2)CCC1N. The van der Waals surface area contributed by atoms with E-state index >= 15 is 0 Å². The van der Waals surface area contributed by atoms with Crippen molar-refractivity contribution in [1.29, 1.82) is 0 Å². The highest BCUT2D eigenvalue weighted by atomic mass is 35.5. The van der Waals surface area contributed by atoms with Crippen LogP contribution in [0.25, 0.3) is 0 Å². The average molecular weight is 257 g/mol. The number of hydrogen-bond donors (Lipinski definition) is 1. The zero-order valence-electron chi connectivity index (χ0n) is 9.86. The molecule has 1 aromatic heterocycles. The molecule has 4 nitrogen and oxygen atoms in total. The molecule has 2 atom stereocenters. The molecule has 0 radical (unpaired) electrons. The molecule has 2 unspecified atom stereocenters. The summed E-state index contributed by atoms with van der Waals surface area (Å²) >= 11 is 5.67. The Morgan fingerprint density at radius 2 is 2.41 bits per heavy atom. The van der Waals surface area contributed by atoms with E-state index in [1.165, 1.54) is 0 Å². The van der Waals surface area contributed by atoms with Crippen LogP contribution in [0.1, 0.15) is 30.3 Å². The second-order valence-corrected chi connectivity index (χ2v) is 4.85. The van der Waals surface area contributed by atoms with Crippen LogP contribution in [0.15, 0.2) is 16.5 Å². The second-order valence-electron chi connectivity index (χ2n) is 4.48. The number of hydrogen-bond acceptors (Lipinski definition) is 3. The molecule has 1 aromatic rings. The first-order valence-electron chi connectivity index (χ1n) is 5.92. The van der Waals surface area contributed by atoms with Crippen LogP contribution in [0, 0.1) is 5.92 Å². The van der Waals surface area contributed by atoms with Crippen LogP contribution >= 0.6 is 11.6 Å². The van der Waals surface area contributed by atoms with E-state index in [-0.39, 0.29) is 17.2 Å². The minimum absolute atomic E-state index is 0.0951. The number of carbonyl (C=O) groups excluding carboxylic acids is 1. The molecule has 0 aliphatic carbocycles. The van der Waals surface area contributed by atoms with Crippen LogP contribution in [0.3, 0.4) is 0 Å². The summed E-state index contributed by atoms with van der Waals surface area (Å²) in [4.78, 5) is 13.9. The van der Waals surface area contributed by atoms with Crippen molar-refractivity contribution < 1.29 is 9.21 Å². The third kappa shape index (κ3) is 2.64. The highest BCUT2D eigenvalue weighted by Crippen LogP contribution is 2.22. The number of nitrogens with zero attached hydrogens (tertiary/aromatic N) is 1. The van der Waals surface area contributed by atoms with Crippen molar-refractivity contribution in [3.63, 3.8) is 0 Å². The van der Waals surface area contributed by atoms with Gasteiger partial charge in [-0.1, -0.05) is 13.3 Å². The molecular weight excluding hydrogens is 240 g/mol. The quantitative estimate of drug-likeness (QED) is 0.882. The Morgan fingerprint density at radius 1 is 1.65 bits per heavy atom. The summed E-state index contributed by atoms with van der Waals surface area (Å²) in [5.41, 5.74) is 6.01. The largest absolute Gasteiger partial charge is 0.440 e. The first-order valence-corrected chi connectivity index (χ1v) is 6.29. The molecule has 1 saturated heterocycles. The highest BCUT2D eigenvalue weighted by molar-refractivity contribution is 6.29. The Labute approximate surface area is 106 Å². The lowest BCUT2D eigenvalue weighted by Gasteiger charge is -2.36. The van der Waals surface area contributed by atoms with E-state index in [1.54, 1.807) is 17.0 Å². The first-order chi connectivity index (χ1) is 8.11. The lowest BCUT2D eigenvalue weighted by atomic mass is 9.90. The summed E-state index contributed by atoms with van der Waals surface area (Å²) in [6.07, 6.45) is 1.84. The van der Waals surface area contributed by atoms with Gasteiger partial charge < -0.3 is 15.1 Å². The number of halogens is 1. The number of rotatable bonds is 2. The van der Waals surface area contributed by atoms with Crippen molar-refractivity contribution in [2.24, 2.45) is 11.7 Å². The minimum atomic E-state index is -0.0951. The van der Waals surface area contributed by atoms with Gasteiger partial charge in [-0.2, -0.15) is 0 Å². The maximum Gasteiger partial charge on any atom is 0.289 e. The maximum absolute atomic E-state index is 12.1. The number of likely N-dealkylation sites (tertiary alicyclic amines) is 1. The fourth-order valence-corrected chi connectivity index (χ4v) is 2.40. The van der Waals surface area contributed by atoms with Gasteiger partial charge in [-0.05, 0) is 36.1 Å². The van der Waals surface area contributed by atoms with E-state index in [1.807, 2.05) is 0 Å². The fraction of sp³-hybridized carbons (Fsp3) is 0.583. The van der Waals surface area contributed by atoms with Gasteiger partial charge in [0.2, 0.25) is 0 Å². The standard InChI is InChI=1S/C12H17ClN2O2/c1-2-8-7-15(6-5-9(8)14)12(16)10-3-4-11(13)17-10/h3-4,8-9H,2,5-7,14H2,1H3. The molecule has 1 fully saturated rings. The zero-order chi connectivity index (χ0) is 12.4. The first kappa shape index (κ1) is 12.5. The van der Waals surface area contributed by atoms with Gasteiger partial charge >= 0.3 is 0 Å². The lowest BCUT2D eigenvalue weighted by Crippen LogP contribution is -2.48. The van der Waals surface area contributed by atoms with Crippen LogP contribution in [0.4, 0.5) is 0 Å². The smallest absolute Gasteiger partial charge is 0.289 e. The number of carbonyl (C=O) groups is 1. The molecular formula is C12H17ClN2O2. The monoisotopic (exact) mass is 256 g/mol. The van der Waals surface area contributed by atoms with Gasteiger partial charge in [0.1, 0.15) is 0 Å². The van der Waals surface area contributed by atoms with E-state index in [2.05, 4.69) is 6.92 Å². The third-order valence-electron chi connectivity index (χ3n) is 3.39. The third-order valence-corrected chi connectivity index (χ3v) is 3.59. The Bertz CT molecular complexity index is 405. The van der Waals surface area contributed by atoms with Crippen LogP contribution in [0.2, 0.25) is 5.22 Å². The number of furan rings is 1. The summed E-state index contributed by atoms with van der Waals surface area (Å²) in [6.45, 7) is 3.49. The van der Waals surface area contributed by atoms with Crippen molar-refractivity contribution in [2.45, 2.75) is 25.8 Å². The summed E-state index contributed by atoms with van der Waals surface area (Å²) in [5, 5.41) is 0.245. The number of piperidine rings is 1. The molecule has 2 rings (SSSR count). The van der Waals surface area contributed by atoms with Crippen molar-refractivity contribution in [3.05, 3.63) is 23.1 Å².